The zero-order valence-electron chi connectivity index (χ0n) is 11.5. The van der Waals surface area contributed by atoms with Crippen molar-refractivity contribution in [3.63, 3.8) is 0 Å². The lowest BCUT2D eigenvalue weighted by molar-refractivity contribution is -0.138. The normalized spacial score (nSPS) is 30.6. The van der Waals surface area contributed by atoms with Gasteiger partial charge in [0.25, 0.3) is 0 Å². The van der Waals surface area contributed by atoms with Gasteiger partial charge in [0.1, 0.15) is 0 Å². The topological polar surface area (TPSA) is 64.6 Å². The summed E-state index contributed by atoms with van der Waals surface area (Å²) in [6.07, 6.45) is 1.76. The van der Waals surface area contributed by atoms with Gasteiger partial charge in [-0.3, -0.25) is 4.79 Å². The van der Waals surface area contributed by atoms with E-state index in [0.29, 0.717) is 24.9 Å². The van der Waals surface area contributed by atoms with E-state index in [4.69, 9.17) is 9.47 Å². The molecule has 6 heteroatoms. The molecule has 1 aromatic heterocycles. The second-order valence-corrected chi connectivity index (χ2v) is 5.91. The van der Waals surface area contributed by atoms with Gasteiger partial charge in [0.2, 0.25) is 11.8 Å². The summed E-state index contributed by atoms with van der Waals surface area (Å²) in [6, 6.07) is 1.88. The second kappa shape index (κ2) is 4.15. The average Bonchev–Trinajstić information content (AvgIpc) is 3.07. The quantitative estimate of drug-likeness (QED) is 0.782. The number of ether oxygens (including phenoxy) is 2. The van der Waals surface area contributed by atoms with Gasteiger partial charge in [-0.2, -0.15) is 5.10 Å². The first kappa shape index (κ1) is 12.1. The molecule has 2 atom stereocenters. The lowest BCUT2D eigenvalue weighted by atomic mass is 10.0. The number of hydrogen-bond donors (Lipinski definition) is 0. The fourth-order valence-electron chi connectivity index (χ4n) is 3.38. The van der Waals surface area contributed by atoms with Crippen LogP contribution in [0.3, 0.4) is 0 Å². The summed E-state index contributed by atoms with van der Waals surface area (Å²) < 4.78 is 10.5. The van der Waals surface area contributed by atoms with Gasteiger partial charge in [0.05, 0.1) is 31.4 Å². The number of amides is 1. The average molecular weight is 275 g/mol. The third kappa shape index (κ3) is 1.64. The van der Waals surface area contributed by atoms with Gasteiger partial charge in [-0.15, -0.1) is 5.10 Å². The first-order valence-corrected chi connectivity index (χ1v) is 6.99. The Hall–Kier alpha value is -1.69. The summed E-state index contributed by atoms with van der Waals surface area (Å²) in [5.41, 5.74) is 1.81. The van der Waals surface area contributed by atoms with E-state index in [2.05, 4.69) is 10.2 Å². The molecule has 1 aliphatic carbocycles. The fraction of sp³-hybridized carbons (Fsp3) is 0.643. The molecule has 2 aliphatic heterocycles. The molecule has 6 nitrogen and oxygen atoms in total. The van der Waals surface area contributed by atoms with Crippen molar-refractivity contribution in [3.8, 4) is 5.88 Å². The molecule has 0 aromatic carbocycles. The first-order chi connectivity index (χ1) is 9.73. The van der Waals surface area contributed by atoms with E-state index in [1.807, 2.05) is 11.0 Å². The Kier molecular flexibility index (Phi) is 2.51. The third-order valence-electron chi connectivity index (χ3n) is 4.75. The van der Waals surface area contributed by atoms with Gasteiger partial charge < -0.3 is 14.4 Å². The van der Waals surface area contributed by atoms with Crippen molar-refractivity contribution in [2.75, 3.05) is 26.9 Å². The Balaban J connectivity index is 1.56. The molecular weight excluding hydrogens is 258 g/mol. The van der Waals surface area contributed by atoms with Gasteiger partial charge in [0, 0.05) is 37.1 Å². The van der Waals surface area contributed by atoms with Gasteiger partial charge in [-0.05, 0) is 6.42 Å². The largest absolute Gasteiger partial charge is 0.480 e. The molecule has 0 bridgehead atoms. The molecule has 0 N–H and O–H groups in total. The first-order valence-electron chi connectivity index (χ1n) is 6.99. The van der Waals surface area contributed by atoms with Crippen LogP contribution in [-0.4, -0.2) is 47.9 Å². The predicted octanol–water partition coefficient (Wildman–Crippen LogP) is 0.406. The molecule has 1 saturated heterocycles. The number of carbonyl (C=O) groups is 1. The molecule has 0 unspecified atom stereocenters. The number of methoxy groups -OCH3 is 1. The zero-order valence-corrected chi connectivity index (χ0v) is 11.5. The van der Waals surface area contributed by atoms with Crippen molar-refractivity contribution < 1.29 is 14.3 Å². The lowest BCUT2D eigenvalue weighted by Crippen LogP contribution is -2.42. The maximum absolute atomic E-state index is 12.7. The van der Waals surface area contributed by atoms with Crippen LogP contribution in [0.4, 0.5) is 0 Å². The van der Waals surface area contributed by atoms with E-state index in [9.17, 15) is 4.79 Å². The number of aromatic nitrogens is 2. The second-order valence-electron chi connectivity index (χ2n) is 5.91. The minimum atomic E-state index is -0.206. The van der Waals surface area contributed by atoms with Crippen molar-refractivity contribution in [1.29, 1.82) is 0 Å². The van der Waals surface area contributed by atoms with Crippen LogP contribution in [0.15, 0.2) is 6.07 Å². The number of fused-ring (bicyclic) bond motifs is 2. The van der Waals surface area contributed by atoms with E-state index in [-0.39, 0.29) is 11.3 Å². The van der Waals surface area contributed by atoms with Crippen LogP contribution in [0.1, 0.15) is 17.7 Å². The van der Waals surface area contributed by atoms with Gasteiger partial charge in [-0.25, -0.2) is 0 Å². The van der Waals surface area contributed by atoms with Crippen LogP contribution in [0.5, 0.6) is 5.88 Å². The molecule has 3 aliphatic rings. The molecule has 20 heavy (non-hydrogen) atoms. The Morgan fingerprint density at radius 2 is 2.45 bits per heavy atom. The summed E-state index contributed by atoms with van der Waals surface area (Å²) in [7, 11) is 1.58. The Bertz CT molecular complexity index is 577. The van der Waals surface area contributed by atoms with E-state index >= 15 is 0 Å². The van der Waals surface area contributed by atoms with Crippen LogP contribution in [0, 0.1) is 11.3 Å². The Labute approximate surface area is 117 Å². The van der Waals surface area contributed by atoms with E-state index < -0.39 is 0 Å². The van der Waals surface area contributed by atoms with Crippen molar-refractivity contribution >= 4 is 5.91 Å². The molecule has 4 rings (SSSR count). The molecule has 3 heterocycles. The van der Waals surface area contributed by atoms with Crippen LogP contribution in [0.25, 0.3) is 0 Å². The number of carbonyl (C=O) groups excluding carboxylic acids is 1. The molecule has 1 aromatic rings. The SMILES string of the molecule is COc1cc2c(nn1)CCN(C(=O)[C@@]13COC[C@@H]1C3)C2. The summed E-state index contributed by atoms with van der Waals surface area (Å²) in [4.78, 5) is 14.6. The highest BCUT2D eigenvalue weighted by molar-refractivity contribution is 5.87. The van der Waals surface area contributed by atoms with Crippen LogP contribution < -0.4 is 4.74 Å². The predicted molar refractivity (Wildman–Crippen MR) is 69.1 cm³/mol. The standard InChI is InChI=1S/C14H17N3O3/c1-19-12-4-9-6-17(3-2-11(9)15-16-12)13(18)14-5-10(14)7-20-8-14/h4,10H,2-3,5-8H2,1H3/t10-,14-/m0/s1. The maximum atomic E-state index is 12.7. The van der Waals surface area contributed by atoms with E-state index in [1.165, 1.54) is 0 Å². The lowest BCUT2D eigenvalue weighted by Gasteiger charge is -2.30. The molecule has 1 saturated carbocycles. The molecule has 2 fully saturated rings. The molecule has 1 amide bonds. The summed E-state index contributed by atoms with van der Waals surface area (Å²) in [5.74, 6) is 1.20. The molecule has 106 valence electrons. The molecule has 0 radical (unpaired) electrons. The minimum absolute atomic E-state index is 0.206. The number of rotatable bonds is 2. The third-order valence-corrected chi connectivity index (χ3v) is 4.75. The van der Waals surface area contributed by atoms with Gasteiger partial charge in [0.15, 0.2) is 0 Å². The van der Waals surface area contributed by atoms with Crippen molar-refractivity contribution in [2.45, 2.75) is 19.4 Å². The summed E-state index contributed by atoms with van der Waals surface area (Å²) in [5, 5.41) is 8.16. The highest BCUT2D eigenvalue weighted by Crippen LogP contribution is 2.58. The molecular formula is C14H17N3O3. The molecule has 0 spiro atoms. The summed E-state index contributed by atoms with van der Waals surface area (Å²) >= 11 is 0. The van der Waals surface area contributed by atoms with Crippen LogP contribution in [0.2, 0.25) is 0 Å². The smallest absolute Gasteiger partial charge is 0.233 e. The maximum Gasteiger partial charge on any atom is 0.233 e. The van der Waals surface area contributed by atoms with Gasteiger partial charge in [-0.1, -0.05) is 0 Å². The van der Waals surface area contributed by atoms with Crippen molar-refractivity contribution in [2.24, 2.45) is 11.3 Å². The van der Waals surface area contributed by atoms with E-state index in [1.54, 1.807) is 7.11 Å². The minimum Gasteiger partial charge on any atom is -0.480 e. The fourth-order valence-corrected chi connectivity index (χ4v) is 3.38. The Morgan fingerprint density at radius 3 is 3.15 bits per heavy atom. The van der Waals surface area contributed by atoms with Crippen molar-refractivity contribution in [3.05, 3.63) is 17.3 Å². The number of nitrogens with zero attached hydrogens (tertiary/aromatic N) is 3. The van der Waals surface area contributed by atoms with Crippen LogP contribution in [-0.2, 0) is 22.5 Å². The van der Waals surface area contributed by atoms with E-state index in [0.717, 1.165) is 37.3 Å². The highest BCUT2D eigenvalue weighted by Gasteiger charge is 2.64. The van der Waals surface area contributed by atoms with Gasteiger partial charge >= 0.3 is 0 Å². The monoisotopic (exact) mass is 275 g/mol. The number of hydrogen-bond acceptors (Lipinski definition) is 5. The highest BCUT2D eigenvalue weighted by atomic mass is 16.5. The zero-order chi connectivity index (χ0) is 13.7. The van der Waals surface area contributed by atoms with Crippen molar-refractivity contribution in [1.82, 2.24) is 15.1 Å². The Morgan fingerprint density at radius 1 is 1.55 bits per heavy atom. The van der Waals surface area contributed by atoms with Crippen LogP contribution >= 0.6 is 0 Å². The summed E-state index contributed by atoms with van der Waals surface area (Å²) in [6.45, 7) is 2.67.